The summed E-state index contributed by atoms with van der Waals surface area (Å²) in [5.74, 6) is 1.19. The van der Waals surface area contributed by atoms with Crippen LogP contribution in [0.25, 0.3) is 0 Å². The number of carbonyl (C=O) groups excluding carboxylic acids is 1. The third-order valence-electron chi connectivity index (χ3n) is 3.19. The predicted octanol–water partition coefficient (Wildman–Crippen LogP) is 3.42. The Labute approximate surface area is 147 Å². The molecule has 1 atom stereocenters. The first-order valence-corrected chi connectivity index (χ1v) is 15.1. The first-order chi connectivity index (χ1) is 10.9. The fraction of sp³-hybridized carbons (Fsp3) is 0.588. The van der Waals surface area contributed by atoms with Gasteiger partial charge in [0.15, 0.2) is 11.5 Å². The largest absolute Gasteiger partial charge is 0.519 e. The van der Waals surface area contributed by atoms with E-state index in [1.54, 1.807) is 14.2 Å². The second kappa shape index (κ2) is 8.18. The molecule has 0 aliphatic rings. The number of methoxy groups -OCH3 is 2. The van der Waals surface area contributed by atoms with Gasteiger partial charge in [-0.25, -0.2) is 0 Å². The number of benzene rings is 1. The van der Waals surface area contributed by atoms with Crippen LogP contribution in [0.4, 0.5) is 0 Å². The molecule has 0 saturated heterocycles. The van der Waals surface area contributed by atoms with Crippen LogP contribution in [0, 0.1) is 0 Å². The summed E-state index contributed by atoms with van der Waals surface area (Å²) in [6.07, 6.45) is 0.563. The van der Waals surface area contributed by atoms with Gasteiger partial charge >= 0.3 is 5.97 Å². The summed E-state index contributed by atoms with van der Waals surface area (Å²) in [6.45, 7) is 12.6. The normalized spacial score (nSPS) is 13.3. The molecule has 136 valence electrons. The van der Waals surface area contributed by atoms with Gasteiger partial charge in [0.05, 0.1) is 14.2 Å². The maximum atomic E-state index is 12.6. The van der Waals surface area contributed by atoms with Gasteiger partial charge in [0.1, 0.15) is 14.3 Å². The lowest BCUT2D eigenvalue weighted by molar-refractivity contribution is -0.137. The van der Waals surface area contributed by atoms with Crippen LogP contribution in [0.15, 0.2) is 18.2 Å². The quantitative estimate of drug-likeness (QED) is 0.712. The van der Waals surface area contributed by atoms with Gasteiger partial charge in [-0.05, 0) is 43.8 Å². The second-order valence-corrected chi connectivity index (χ2v) is 17.1. The number of nitrogens with one attached hydrogen (secondary N) is 1. The third-order valence-corrected chi connectivity index (χ3v) is 5.21. The van der Waals surface area contributed by atoms with E-state index in [1.165, 1.54) is 0 Å². The average molecular weight is 370 g/mol. The molecule has 7 heteroatoms. The molecule has 1 N–H and O–H groups in total. The highest BCUT2D eigenvalue weighted by Gasteiger charge is 2.30. The highest BCUT2D eigenvalue weighted by molar-refractivity contribution is 6.74. The van der Waals surface area contributed by atoms with Crippen LogP contribution < -0.4 is 14.5 Å². The molecular weight excluding hydrogens is 338 g/mol. The molecule has 0 heterocycles. The number of ether oxygens (including phenoxy) is 2. The first-order valence-electron chi connectivity index (χ1n) is 8.16. The highest BCUT2D eigenvalue weighted by atomic mass is 28.4. The lowest BCUT2D eigenvalue weighted by Gasteiger charge is -2.29. The van der Waals surface area contributed by atoms with Crippen molar-refractivity contribution in [1.82, 2.24) is 4.98 Å². The van der Waals surface area contributed by atoms with Crippen molar-refractivity contribution in [2.75, 3.05) is 14.2 Å². The second-order valence-electron chi connectivity index (χ2n) is 7.87. The monoisotopic (exact) mass is 369 g/mol. The molecule has 1 aromatic rings. The number of hydrogen-bond acceptors (Lipinski definition) is 5. The summed E-state index contributed by atoms with van der Waals surface area (Å²) in [4.78, 5) is 16.1. The Kier molecular flexibility index (Phi) is 7.06. The van der Waals surface area contributed by atoms with Crippen LogP contribution in [0.1, 0.15) is 5.56 Å². The Morgan fingerprint density at radius 1 is 1.04 bits per heavy atom. The van der Waals surface area contributed by atoms with E-state index >= 15 is 0 Å². The SMILES string of the molecule is COc1ccc(CC(N[Si](C)(C)C)C(=O)O[Si](C)(C)C)cc1OC. The van der Waals surface area contributed by atoms with E-state index in [2.05, 4.69) is 24.6 Å². The molecule has 1 aromatic carbocycles. The Hall–Kier alpha value is -1.32. The van der Waals surface area contributed by atoms with Gasteiger partial charge in [0.2, 0.25) is 8.32 Å². The van der Waals surface area contributed by atoms with Crippen LogP contribution in [0.3, 0.4) is 0 Å². The predicted molar refractivity (Wildman–Crippen MR) is 103 cm³/mol. The Morgan fingerprint density at radius 3 is 2.08 bits per heavy atom. The molecule has 0 saturated carbocycles. The van der Waals surface area contributed by atoms with Crippen LogP contribution in [-0.2, 0) is 15.6 Å². The van der Waals surface area contributed by atoms with Crippen molar-refractivity contribution >= 4 is 22.5 Å². The minimum Gasteiger partial charge on any atom is -0.519 e. The molecule has 5 nitrogen and oxygen atoms in total. The standard InChI is InChI=1S/C17H31NO4Si2/c1-20-15-10-9-13(12-16(15)21-2)11-14(18-23(3,4)5)17(19)22-24(6,7)8/h9-10,12,14,18H,11H2,1-8H3. The fourth-order valence-electron chi connectivity index (χ4n) is 2.33. The zero-order chi connectivity index (χ0) is 18.5. The van der Waals surface area contributed by atoms with Crippen molar-refractivity contribution in [3.63, 3.8) is 0 Å². The third kappa shape index (κ3) is 7.06. The first kappa shape index (κ1) is 20.7. The molecule has 0 spiro atoms. The van der Waals surface area contributed by atoms with Crippen LogP contribution in [0.5, 0.6) is 11.5 Å². The lowest BCUT2D eigenvalue weighted by atomic mass is 10.1. The smallest absolute Gasteiger partial charge is 0.309 e. The molecule has 0 radical (unpaired) electrons. The van der Waals surface area contributed by atoms with Crippen molar-refractivity contribution in [1.29, 1.82) is 0 Å². The Morgan fingerprint density at radius 2 is 1.62 bits per heavy atom. The van der Waals surface area contributed by atoms with E-state index in [0.29, 0.717) is 17.9 Å². The molecule has 0 aliphatic heterocycles. The van der Waals surface area contributed by atoms with Crippen molar-refractivity contribution < 1.29 is 18.7 Å². The van der Waals surface area contributed by atoms with Crippen molar-refractivity contribution in [2.45, 2.75) is 51.7 Å². The summed E-state index contributed by atoms with van der Waals surface area (Å²) >= 11 is 0. The van der Waals surface area contributed by atoms with Crippen LogP contribution >= 0.6 is 0 Å². The van der Waals surface area contributed by atoms with Crippen molar-refractivity contribution in [3.05, 3.63) is 23.8 Å². The van der Waals surface area contributed by atoms with E-state index in [-0.39, 0.29) is 12.0 Å². The fourth-order valence-corrected chi connectivity index (χ4v) is 4.34. The van der Waals surface area contributed by atoms with Gasteiger partial charge in [-0.1, -0.05) is 25.7 Å². The van der Waals surface area contributed by atoms with Gasteiger partial charge in [-0.2, -0.15) is 0 Å². The van der Waals surface area contributed by atoms with Crippen molar-refractivity contribution in [2.24, 2.45) is 0 Å². The summed E-state index contributed by atoms with van der Waals surface area (Å²) < 4.78 is 16.3. The van der Waals surface area contributed by atoms with Gasteiger partial charge in [0, 0.05) is 0 Å². The van der Waals surface area contributed by atoms with Crippen LogP contribution in [0.2, 0.25) is 39.3 Å². The minimum absolute atomic E-state index is 0.161. The van der Waals surface area contributed by atoms with Crippen LogP contribution in [-0.4, -0.2) is 42.8 Å². The molecular formula is C17H31NO4Si2. The highest BCUT2D eigenvalue weighted by Crippen LogP contribution is 2.28. The van der Waals surface area contributed by atoms with E-state index < -0.39 is 16.6 Å². The Balaban J connectivity index is 3.02. The Bertz CT molecular complexity index is 565. The lowest BCUT2D eigenvalue weighted by Crippen LogP contribution is -2.54. The molecule has 0 aliphatic carbocycles. The summed E-state index contributed by atoms with van der Waals surface area (Å²) in [6, 6.07) is 5.40. The number of rotatable bonds is 8. The van der Waals surface area contributed by atoms with Crippen molar-refractivity contribution in [3.8, 4) is 11.5 Å². The van der Waals surface area contributed by atoms with E-state index in [4.69, 9.17) is 13.9 Å². The molecule has 0 amide bonds. The van der Waals surface area contributed by atoms with Gasteiger partial charge in [0.25, 0.3) is 0 Å². The van der Waals surface area contributed by atoms with E-state index in [1.807, 2.05) is 37.8 Å². The maximum absolute atomic E-state index is 12.6. The number of hydrogen-bond donors (Lipinski definition) is 1. The molecule has 1 unspecified atom stereocenters. The zero-order valence-corrected chi connectivity index (χ0v) is 18.1. The van der Waals surface area contributed by atoms with E-state index in [9.17, 15) is 4.79 Å². The zero-order valence-electron chi connectivity index (χ0n) is 16.1. The summed E-state index contributed by atoms with van der Waals surface area (Å²) in [7, 11) is -0.351. The summed E-state index contributed by atoms with van der Waals surface area (Å²) in [5.41, 5.74) is 1.01. The topological polar surface area (TPSA) is 56.8 Å². The number of carbonyl (C=O) groups is 1. The molecule has 0 bridgehead atoms. The average Bonchev–Trinajstić information content (AvgIpc) is 2.43. The van der Waals surface area contributed by atoms with Gasteiger partial charge in [-0.15, -0.1) is 0 Å². The summed E-state index contributed by atoms with van der Waals surface area (Å²) in [5, 5.41) is 0. The minimum atomic E-state index is -1.93. The molecule has 0 fully saturated rings. The molecule has 1 rings (SSSR count). The maximum Gasteiger partial charge on any atom is 0.309 e. The van der Waals surface area contributed by atoms with E-state index in [0.717, 1.165) is 5.56 Å². The van der Waals surface area contributed by atoms with Gasteiger partial charge < -0.3 is 18.9 Å². The molecule has 24 heavy (non-hydrogen) atoms. The van der Waals surface area contributed by atoms with Gasteiger partial charge in [-0.3, -0.25) is 4.79 Å². The molecule has 0 aromatic heterocycles.